The number of carbonyl (C=O) groups excluding carboxylic acids is 2. The molecule has 1 aliphatic rings. The minimum atomic E-state index is -1.09. The van der Waals surface area contributed by atoms with Crippen molar-refractivity contribution in [3.8, 4) is 11.5 Å². The number of nitrogens with zero attached hydrogens (tertiary/aromatic N) is 2. The van der Waals surface area contributed by atoms with Crippen LogP contribution in [0.1, 0.15) is 27.9 Å². The minimum absolute atomic E-state index is 0.0939. The number of pyridine rings is 1. The number of hydrogen-bond donors (Lipinski definition) is 2. The lowest BCUT2D eigenvalue weighted by atomic mass is 9.95. The van der Waals surface area contributed by atoms with Gasteiger partial charge in [-0.2, -0.15) is 0 Å². The number of ketones is 1. The summed E-state index contributed by atoms with van der Waals surface area (Å²) >= 11 is 0. The summed E-state index contributed by atoms with van der Waals surface area (Å²) in [7, 11) is 0. The summed E-state index contributed by atoms with van der Waals surface area (Å²) in [5.74, 6) is -3.19. The van der Waals surface area contributed by atoms with Crippen LogP contribution in [0.5, 0.6) is 11.5 Å². The van der Waals surface area contributed by atoms with Gasteiger partial charge in [0.25, 0.3) is 0 Å². The average Bonchev–Trinajstić information content (AvgIpc) is 2.82. The Kier molecular flexibility index (Phi) is 4.74. The van der Waals surface area contributed by atoms with Gasteiger partial charge in [-0.3, -0.25) is 9.59 Å². The largest absolute Gasteiger partial charge is 0.504 e. The van der Waals surface area contributed by atoms with Gasteiger partial charge in [-0.25, -0.2) is 4.98 Å². The van der Waals surface area contributed by atoms with Crippen LogP contribution in [0.3, 0.4) is 0 Å². The van der Waals surface area contributed by atoms with Crippen molar-refractivity contribution in [3.05, 3.63) is 58.1 Å². The summed E-state index contributed by atoms with van der Waals surface area (Å²) in [6.45, 7) is -0.295. The van der Waals surface area contributed by atoms with Crippen LogP contribution in [0, 0.1) is 10.8 Å². The Hall–Kier alpha value is -3.55. The molecule has 3 rings (SSSR count). The van der Waals surface area contributed by atoms with E-state index in [2.05, 4.69) is 10.2 Å². The van der Waals surface area contributed by atoms with Crippen molar-refractivity contribution in [2.24, 2.45) is 11.1 Å². The number of aromatic hydroxyl groups is 2. The van der Waals surface area contributed by atoms with Crippen LogP contribution in [0.15, 0.2) is 41.7 Å². The lowest BCUT2D eigenvalue weighted by molar-refractivity contribution is -0.148. The number of benzene rings is 1. The van der Waals surface area contributed by atoms with Gasteiger partial charge < -0.3 is 14.9 Å². The zero-order chi connectivity index (χ0) is 18.7. The number of allylic oxidation sites excluding steroid dienone is 1. The molecular weight excluding hydrogens is 340 g/mol. The molecule has 0 bridgehead atoms. The van der Waals surface area contributed by atoms with Crippen LogP contribution >= 0.6 is 0 Å². The monoisotopic (exact) mass is 354 g/mol. The summed E-state index contributed by atoms with van der Waals surface area (Å²) < 4.78 is 5.14. The molecule has 0 amide bonds. The summed E-state index contributed by atoms with van der Waals surface area (Å²) in [5.41, 5.74) is 0.658. The molecule has 0 fully saturated rings. The Morgan fingerprint density at radius 2 is 2.12 bits per heavy atom. The molecule has 1 aromatic carbocycles. The van der Waals surface area contributed by atoms with Crippen LogP contribution in [0.25, 0.3) is 6.08 Å². The van der Waals surface area contributed by atoms with E-state index in [9.17, 15) is 24.7 Å². The van der Waals surface area contributed by atoms with E-state index in [0.717, 1.165) is 0 Å². The number of rotatable bonds is 4. The second-order valence-electron chi connectivity index (χ2n) is 5.63. The zero-order valence-corrected chi connectivity index (χ0v) is 13.5. The van der Waals surface area contributed by atoms with Gasteiger partial charge in [0.2, 0.25) is 5.82 Å². The Morgan fingerprint density at radius 1 is 1.31 bits per heavy atom. The second-order valence-corrected chi connectivity index (χ2v) is 5.63. The Morgan fingerprint density at radius 3 is 2.88 bits per heavy atom. The standard InChI is InChI=1S/C18H14N2O6/c21-14-6-1-3-10(15(14)22)9-26-18(24)13-5-2-4-12-11(16(13)23)7-8-19-17(12)20-25/h1-4,6-8,13,21-22H,5,9H2. The highest BCUT2D eigenvalue weighted by Gasteiger charge is 2.32. The van der Waals surface area contributed by atoms with Gasteiger partial charge in [0.1, 0.15) is 12.5 Å². The van der Waals surface area contributed by atoms with Crippen LogP contribution < -0.4 is 0 Å². The number of Topliss-reactive ketones (excluding diaryl/α,β-unsaturated/α-hetero) is 1. The smallest absolute Gasteiger partial charge is 0.317 e. The lowest BCUT2D eigenvalue weighted by Crippen LogP contribution is -2.25. The van der Waals surface area contributed by atoms with Crippen molar-refractivity contribution in [2.45, 2.75) is 13.0 Å². The lowest BCUT2D eigenvalue weighted by Gasteiger charge is -2.14. The molecule has 132 valence electrons. The van der Waals surface area contributed by atoms with E-state index in [1.165, 1.54) is 36.5 Å². The van der Waals surface area contributed by atoms with Gasteiger partial charge >= 0.3 is 5.97 Å². The zero-order valence-electron chi connectivity index (χ0n) is 13.5. The molecule has 26 heavy (non-hydrogen) atoms. The number of hydrogen-bond acceptors (Lipinski definition) is 8. The third kappa shape index (κ3) is 3.16. The van der Waals surface area contributed by atoms with Crippen molar-refractivity contribution in [1.29, 1.82) is 0 Å². The fourth-order valence-electron chi connectivity index (χ4n) is 2.68. The Labute approximate surface area is 147 Å². The summed E-state index contributed by atoms with van der Waals surface area (Å²) in [4.78, 5) is 39.7. The molecule has 2 N–H and O–H groups in total. The van der Waals surface area contributed by atoms with Crippen LogP contribution in [0.4, 0.5) is 5.82 Å². The van der Waals surface area contributed by atoms with Crippen LogP contribution in [0.2, 0.25) is 0 Å². The number of para-hydroxylation sites is 1. The van der Waals surface area contributed by atoms with Gasteiger partial charge in [-0.05, 0) is 23.7 Å². The highest BCUT2D eigenvalue weighted by atomic mass is 16.5. The maximum atomic E-state index is 12.7. The van der Waals surface area contributed by atoms with Gasteiger partial charge in [0.05, 0.1) is 0 Å². The molecule has 1 heterocycles. The number of phenols is 2. The predicted molar refractivity (Wildman–Crippen MR) is 90.7 cm³/mol. The van der Waals surface area contributed by atoms with E-state index >= 15 is 0 Å². The van der Waals surface area contributed by atoms with Gasteiger partial charge in [-0.15, -0.1) is 4.91 Å². The van der Waals surface area contributed by atoms with Crippen molar-refractivity contribution in [1.82, 2.24) is 4.98 Å². The number of fused-ring (bicyclic) bond motifs is 1. The highest BCUT2D eigenvalue weighted by molar-refractivity contribution is 6.11. The summed E-state index contributed by atoms with van der Waals surface area (Å²) in [5, 5.41) is 22.0. The van der Waals surface area contributed by atoms with Crippen molar-refractivity contribution >= 4 is 23.6 Å². The molecule has 8 nitrogen and oxygen atoms in total. The third-order valence-corrected chi connectivity index (χ3v) is 4.05. The quantitative estimate of drug-likeness (QED) is 0.374. The Bertz CT molecular complexity index is 922. The average molecular weight is 354 g/mol. The molecule has 0 aliphatic heterocycles. The molecule has 2 aromatic rings. The van der Waals surface area contributed by atoms with E-state index < -0.39 is 17.7 Å². The van der Waals surface area contributed by atoms with Gasteiger partial charge in [0.15, 0.2) is 17.3 Å². The first-order valence-electron chi connectivity index (χ1n) is 7.72. The fourth-order valence-corrected chi connectivity index (χ4v) is 2.68. The van der Waals surface area contributed by atoms with Gasteiger partial charge in [-0.1, -0.05) is 24.3 Å². The molecule has 0 radical (unpaired) electrons. The maximum Gasteiger partial charge on any atom is 0.317 e. The van der Waals surface area contributed by atoms with Crippen molar-refractivity contribution in [3.63, 3.8) is 0 Å². The van der Waals surface area contributed by atoms with Crippen molar-refractivity contribution < 1.29 is 24.5 Å². The van der Waals surface area contributed by atoms with E-state index in [4.69, 9.17) is 4.74 Å². The summed E-state index contributed by atoms with van der Waals surface area (Å²) in [6.07, 6.45) is 4.49. The van der Waals surface area contributed by atoms with E-state index in [-0.39, 0.29) is 47.0 Å². The molecule has 1 aromatic heterocycles. The predicted octanol–water partition coefficient (Wildman–Crippen LogP) is 2.85. The van der Waals surface area contributed by atoms with Crippen molar-refractivity contribution in [2.75, 3.05) is 0 Å². The van der Waals surface area contributed by atoms with Gasteiger partial charge in [0, 0.05) is 22.9 Å². The molecule has 8 heteroatoms. The number of esters is 1. The van der Waals surface area contributed by atoms with Crippen LogP contribution in [-0.2, 0) is 16.1 Å². The van der Waals surface area contributed by atoms with Crippen LogP contribution in [-0.4, -0.2) is 26.9 Å². The maximum absolute atomic E-state index is 12.7. The molecule has 0 spiro atoms. The SMILES string of the molecule is O=Nc1nccc2c1C=CCC(C(=O)OCc1cccc(O)c1O)C2=O. The molecule has 0 saturated heterocycles. The van der Waals surface area contributed by atoms with E-state index in [1.54, 1.807) is 6.08 Å². The topological polar surface area (TPSA) is 126 Å². The number of phenolic OH excluding ortho intramolecular Hbond substituents is 2. The second kappa shape index (κ2) is 7.14. The number of aromatic nitrogens is 1. The normalized spacial score (nSPS) is 15.8. The molecule has 1 unspecified atom stereocenters. The number of nitroso groups, excluding NO2 is 1. The third-order valence-electron chi connectivity index (χ3n) is 4.05. The minimum Gasteiger partial charge on any atom is -0.504 e. The Balaban J connectivity index is 1.80. The first kappa shape index (κ1) is 17.3. The molecular formula is C18H14N2O6. The van der Waals surface area contributed by atoms with E-state index in [1.807, 2.05) is 0 Å². The molecule has 1 aliphatic carbocycles. The first-order chi connectivity index (χ1) is 12.5. The summed E-state index contributed by atoms with van der Waals surface area (Å²) in [6, 6.07) is 5.70. The fraction of sp³-hybridized carbons (Fsp3) is 0.167. The molecule has 0 saturated carbocycles. The number of carbonyl (C=O) groups is 2. The highest BCUT2D eigenvalue weighted by Crippen LogP contribution is 2.31. The number of ether oxygens (including phenoxy) is 1. The van der Waals surface area contributed by atoms with E-state index in [0.29, 0.717) is 0 Å². The molecule has 1 atom stereocenters. The first-order valence-corrected chi connectivity index (χ1v) is 7.72.